The van der Waals surface area contributed by atoms with Crippen molar-refractivity contribution in [1.29, 1.82) is 0 Å². The molecule has 0 fully saturated rings. The average Bonchev–Trinajstić information content (AvgIpc) is 3.73. The van der Waals surface area contributed by atoms with Crippen LogP contribution in [-0.2, 0) is 0 Å². The van der Waals surface area contributed by atoms with Crippen LogP contribution in [0.2, 0.25) is 0 Å². The van der Waals surface area contributed by atoms with E-state index in [4.69, 9.17) is 29.9 Å². The molecule has 0 saturated carbocycles. The van der Waals surface area contributed by atoms with E-state index in [1.165, 1.54) is 0 Å². The standard InChI is InChI=1S/C58H37N7/c1-4-17-38(18-5-1)43-25-16-26-44(35-43)55-61-54(41-22-8-3-9-23-41)63-58(64-55)49-37-46(33-34-52(49)65-50-29-14-12-27-47(50)48-28-13-15-30-51(48)65)57-60-53(40-20-6-2-7-21-40)59-56(62-57)45-32-31-39-19-10-11-24-42(39)36-45/h1-37H. The Morgan fingerprint density at radius 3 is 1.26 bits per heavy atom. The minimum Gasteiger partial charge on any atom is -0.309 e. The Labute approximate surface area is 375 Å². The maximum atomic E-state index is 5.37. The van der Waals surface area contributed by atoms with Gasteiger partial charge in [0, 0.05) is 44.2 Å². The molecule has 12 aromatic rings. The first-order chi connectivity index (χ1) is 32.2. The Hall–Kier alpha value is -8.94. The lowest BCUT2D eigenvalue weighted by Gasteiger charge is -2.16. The van der Waals surface area contributed by atoms with E-state index in [0.717, 1.165) is 82.8 Å². The van der Waals surface area contributed by atoms with E-state index in [-0.39, 0.29) is 0 Å². The van der Waals surface area contributed by atoms with Gasteiger partial charge in [-0.1, -0.05) is 182 Å². The number of nitrogens with zero attached hydrogens (tertiary/aromatic N) is 7. The summed E-state index contributed by atoms with van der Waals surface area (Å²) in [5.74, 6) is 3.35. The van der Waals surface area contributed by atoms with Crippen LogP contribution in [0.25, 0.3) is 118 Å². The van der Waals surface area contributed by atoms with Crippen molar-refractivity contribution in [3.05, 3.63) is 224 Å². The van der Waals surface area contributed by atoms with Crippen LogP contribution in [0, 0.1) is 0 Å². The molecule has 0 N–H and O–H groups in total. The zero-order valence-electron chi connectivity index (χ0n) is 35.0. The lowest BCUT2D eigenvalue weighted by Crippen LogP contribution is -2.05. The smallest absolute Gasteiger partial charge is 0.166 e. The van der Waals surface area contributed by atoms with Gasteiger partial charge in [0.1, 0.15) is 0 Å². The van der Waals surface area contributed by atoms with Crippen molar-refractivity contribution in [1.82, 2.24) is 34.5 Å². The first-order valence-electron chi connectivity index (χ1n) is 21.6. The summed E-state index contributed by atoms with van der Waals surface area (Å²) in [6.45, 7) is 0. The zero-order chi connectivity index (χ0) is 43.1. The number of benzene rings is 9. The molecule has 0 aliphatic rings. The van der Waals surface area contributed by atoms with Gasteiger partial charge in [0.25, 0.3) is 0 Å². The maximum Gasteiger partial charge on any atom is 0.166 e. The molecule has 7 heteroatoms. The Morgan fingerprint density at radius 2 is 0.662 bits per heavy atom. The van der Waals surface area contributed by atoms with Gasteiger partial charge in [-0.05, 0) is 64.4 Å². The number of aromatic nitrogens is 7. The van der Waals surface area contributed by atoms with Gasteiger partial charge in [-0.25, -0.2) is 29.9 Å². The molecule has 12 rings (SSSR count). The molecule has 0 saturated heterocycles. The highest BCUT2D eigenvalue weighted by molar-refractivity contribution is 6.09. The normalized spacial score (nSPS) is 11.4. The molecule has 9 aromatic carbocycles. The second-order valence-electron chi connectivity index (χ2n) is 16.0. The summed E-state index contributed by atoms with van der Waals surface area (Å²) >= 11 is 0. The highest BCUT2D eigenvalue weighted by Gasteiger charge is 2.22. The fourth-order valence-corrected chi connectivity index (χ4v) is 8.72. The van der Waals surface area contributed by atoms with Crippen LogP contribution in [0.1, 0.15) is 0 Å². The highest BCUT2D eigenvalue weighted by atomic mass is 15.1. The fraction of sp³-hybridized carbons (Fsp3) is 0. The molecule has 3 aromatic heterocycles. The lowest BCUT2D eigenvalue weighted by molar-refractivity contribution is 1.06. The second kappa shape index (κ2) is 16.1. The second-order valence-corrected chi connectivity index (χ2v) is 16.0. The lowest BCUT2D eigenvalue weighted by atomic mass is 10.0. The Morgan fingerprint density at radius 1 is 0.246 bits per heavy atom. The van der Waals surface area contributed by atoms with Gasteiger partial charge < -0.3 is 4.57 Å². The molecule has 3 heterocycles. The average molecular weight is 832 g/mol. The van der Waals surface area contributed by atoms with E-state index in [1.54, 1.807) is 0 Å². The number of hydrogen-bond acceptors (Lipinski definition) is 6. The molecular formula is C58H37N7. The molecule has 0 atom stereocenters. The summed E-state index contributed by atoms with van der Waals surface area (Å²) in [6.07, 6.45) is 0. The summed E-state index contributed by atoms with van der Waals surface area (Å²) in [6, 6.07) is 77.1. The van der Waals surface area contributed by atoms with E-state index in [1.807, 2.05) is 66.7 Å². The first-order valence-corrected chi connectivity index (χ1v) is 21.6. The van der Waals surface area contributed by atoms with Crippen molar-refractivity contribution in [3.8, 4) is 85.1 Å². The van der Waals surface area contributed by atoms with Gasteiger partial charge in [-0.2, -0.15) is 0 Å². The number of para-hydroxylation sites is 2. The number of hydrogen-bond donors (Lipinski definition) is 0. The fourth-order valence-electron chi connectivity index (χ4n) is 8.72. The molecule has 304 valence electrons. The van der Waals surface area contributed by atoms with E-state index >= 15 is 0 Å². The van der Waals surface area contributed by atoms with Gasteiger partial charge in [0.05, 0.1) is 16.7 Å². The molecular weight excluding hydrogens is 795 g/mol. The van der Waals surface area contributed by atoms with Gasteiger partial charge >= 0.3 is 0 Å². The molecule has 0 unspecified atom stereocenters. The third-order valence-electron chi connectivity index (χ3n) is 11.9. The largest absolute Gasteiger partial charge is 0.309 e. The van der Waals surface area contributed by atoms with Crippen LogP contribution < -0.4 is 0 Å². The Bertz CT molecular complexity index is 3660. The Kier molecular flexibility index (Phi) is 9.34. The van der Waals surface area contributed by atoms with Crippen LogP contribution in [0.5, 0.6) is 0 Å². The van der Waals surface area contributed by atoms with Crippen molar-refractivity contribution < 1.29 is 0 Å². The van der Waals surface area contributed by atoms with Gasteiger partial charge in [-0.3, -0.25) is 0 Å². The minimum absolute atomic E-state index is 0.518. The van der Waals surface area contributed by atoms with E-state index in [2.05, 4.69) is 162 Å². The summed E-state index contributed by atoms with van der Waals surface area (Å²) in [7, 11) is 0. The van der Waals surface area contributed by atoms with Crippen molar-refractivity contribution >= 4 is 32.6 Å². The zero-order valence-corrected chi connectivity index (χ0v) is 35.0. The number of fused-ring (bicyclic) bond motifs is 4. The van der Waals surface area contributed by atoms with E-state index < -0.39 is 0 Å². The quantitative estimate of drug-likeness (QED) is 0.152. The third-order valence-corrected chi connectivity index (χ3v) is 11.9. The molecule has 0 spiro atoms. The van der Waals surface area contributed by atoms with Gasteiger partial charge in [-0.15, -0.1) is 0 Å². The van der Waals surface area contributed by atoms with Gasteiger partial charge in [0.15, 0.2) is 34.9 Å². The van der Waals surface area contributed by atoms with Crippen LogP contribution in [0.4, 0.5) is 0 Å². The van der Waals surface area contributed by atoms with E-state index in [0.29, 0.717) is 34.9 Å². The maximum absolute atomic E-state index is 5.37. The Balaban J connectivity index is 1.12. The molecule has 0 aliphatic carbocycles. The topological polar surface area (TPSA) is 82.3 Å². The summed E-state index contributed by atoms with van der Waals surface area (Å²) in [4.78, 5) is 31.3. The van der Waals surface area contributed by atoms with Crippen molar-refractivity contribution in [2.45, 2.75) is 0 Å². The van der Waals surface area contributed by atoms with Crippen LogP contribution in [-0.4, -0.2) is 34.5 Å². The molecule has 7 nitrogen and oxygen atoms in total. The molecule has 0 aliphatic heterocycles. The summed E-state index contributed by atoms with van der Waals surface area (Å²) in [5.41, 5.74) is 10.4. The van der Waals surface area contributed by atoms with Crippen LogP contribution >= 0.6 is 0 Å². The van der Waals surface area contributed by atoms with Crippen molar-refractivity contribution in [2.24, 2.45) is 0 Å². The predicted octanol–water partition coefficient (Wildman–Crippen LogP) is 14.0. The summed E-state index contributed by atoms with van der Waals surface area (Å²) in [5, 5.41) is 4.57. The predicted molar refractivity (Wildman–Crippen MR) is 263 cm³/mol. The highest BCUT2D eigenvalue weighted by Crippen LogP contribution is 2.39. The van der Waals surface area contributed by atoms with Crippen molar-refractivity contribution in [2.75, 3.05) is 0 Å². The van der Waals surface area contributed by atoms with E-state index in [9.17, 15) is 0 Å². The van der Waals surface area contributed by atoms with Gasteiger partial charge in [0.2, 0.25) is 0 Å². The monoisotopic (exact) mass is 831 g/mol. The molecule has 0 amide bonds. The minimum atomic E-state index is 0.518. The van der Waals surface area contributed by atoms with Crippen molar-refractivity contribution in [3.63, 3.8) is 0 Å². The molecule has 0 bridgehead atoms. The summed E-state index contributed by atoms with van der Waals surface area (Å²) < 4.78 is 2.31. The number of rotatable bonds is 8. The van der Waals surface area contributed by atoms with Crippen LogP contribution in [0.15, 0.2) is 224 Å². The third kappa shape index (κ3) is 7.07. The molecule has 0 radical (unpaired) electrons. The first kappa shape index (κ1) is 37.8. The molecule has 65 heavy (non-hydrogen) atoms. The van der Waals surface area contributed by atoms with Crippen LogP contribution in [0.3, 0.4) is 0 Å². The SMILES string of the molecule is c1ccc(-c2cccc(-c3nc(-c4ccccc4)nc(-c4cc(-c5nc(-c6ccccc6)nc(-c6ccc7ccccc7c6)n5)ccc4-n4c5ccccc5c5ccccc54)n3)c2)cc1.